The van der Waals surface area contributed by atoms with E-state index >= 15 is 0 Å². The molecule has 0 rings (SSSR count). The largest absolute Gasteiger partial charge is 0.103 e. The van der Waals surface area contributed by atoms with E-state index in [9.17, 15) is 0 Å². The third kappa shape index (κ3) is 17.7. The second-order valence-corrected chi connectivity index (χ2v) is 6.97. The summed E-state index contributed by atoms with van der Waals surface area (Å²) in [5.74, 6) is 7.70. The van der Waals surface area contributed by atoms with Gasteiger partial charge in [0.15, 0.2) is 0 Å². The van der Waals surface area contributed by atoms with Gasteiger partial charge in [0.1, 0.15) is 0 Å². The van der Waals surface area contributed by atoms with Crippen LogP contribution in [0.25, 0.3) is 0 Å². The van der Waals surface area contributed by atoms with Gasteiger partial charge >= 0.3 is 0 Å². The molecule has 0 bridgehead atoms. The molecule has 0 aromatic rings. The molecule has 134 valence electrons. The summed E-state index contributed by atoms with van der Waals surface area (Å²) < 4.78 is 0. The lowest BCUT2D eigenvalue weighted by Crippen LogP contribution is -2.00. The van der Waals surface area contributed by atoms with Crippen LogP contribution >= 0.6 is 0 Å². The van der Waals surface area contributed by atoms with Crippen molar-refractivity contribution in [2.75, 3.05) is 0 Å². The zero-order valence-electron chi connectivity index (χ0n) is 16.0. The van der Waals surface area contributed by atoms with Gasteiger partial charge in [-0.05, 0) is 25.2 Å². The fourth-order valence-electron chi connectivity index (χ4n) is 3.20. The van der Waals surface area contributed by atoms with Crippen molar-refractivity contribution in [3.63, 3.8) is 0 Å². The van der Waals surface area contributed by atoms with Gasteiger partial charge in [-0.3, -0.25) is 0 Å². The molecule has 0 aromatic heterocycles. The smallest absolute Gasteiger partial charge is 0.00887 e. The van der Waals surface area contributed by atoms with Crippen molar-refractivity contribution in [2.45, 2.75) is 116 Å². The van der Waals surface area contributed by atoms with Crippen LogP contribution in [0.2, 0.25) is 0 Å². The van der Waals surface area contributed by atoms with Gasteiger partial charge in [-0.2, -0.15) is 0 Å². The van der Waals surface area contributed by atoms with Crippen molar-refractivity contribution in [1.29, 1.82) is 0 Å². The standard InChI is InChI=1S/C23H42/c1-4-7-9-11-12-13-14-15-17-19-22-23(20-6-3)21-18-16-10-8-5-2/h23H,1-2,4-13,16-22H2,3H3. The molecule has 0 saturated heterocycles. The second-order valence-electron chi connectivity index (χ2n) is 6.97. The van der Waals surface area contributed by atoms with E-state index in [0.29, 0.717) is 0 Å². The second kappa shape index (κ2) is 19.6. The van der Waals surface area contributed by atoms with E-state index in [4.69, 9.17) is 0 Å². The average Bonchev–Trinajstić information content (AvgIpc) is 2.56. The van der Waals surface area contributed by atoms with E-state index in [2.05, 4.69) is 32.6 Å². The Balaban J connectivity index is 3.55. The van der Waals surface area contributed by atoms with E-state index < -0.39 is 0 Å². The van der Waals surface area contributed by atoms with Crippen LogP contribution < -0.4 is 0 Å². The third-order valence-corrected chi connectivity index (χ3v) is 4.65. The van der Waals surface area contributed by atoms with E-state index in [1.165, 1.54) is 83.5 Å². The van der Waals surface area contributed by atoms with Crippen molar-refractivity contribution in [3.05, 3.63) is 13.8 Å². The minimum Gasteiger partial charge on any atom is -0.103 e. The minimum atomic E-state index is 0.948. The molecule has 0 spiro atoms. The highest BCUT2D eigenvalue weighted by molar-refractivity contribution is 4.98. The van der Waals surface area contributed by atoms with E-state index in [-0.39, 0.29) is 0 Å². The Morgan fingerprint density at radius 1 is 0.609 bits per heavy atom. The lowest BCUT2D eigenvalue weighted by Gasteiger charge is -2.15. The molecule has 0 aliphatic rings. The van der Waals surface area contributed by atoms with Crippen LogP contribution in [-0.4, -0.2) is 0 Å². The molecule has 0 fully saturated rings. The fourth-order valence-corrected chi connectivity index (χ4v) is 3.20. The molecule has 0 aliphatic heterocycles. The molecular weight excluding hydrogens is 276 g/mol. The lowest BCUT2D eigenvalue weighted by molar-refractivity contribution is 0.387. The summed E-state index contributed by atoms with van der Waals surface area (Å²) in [4.78, 5) is 0. The van der Waals surface area contributed by atoms with E-state index in [0.717, 1.165) is 31.6 Å². The third-order valence-electron chi connectivity index (χ3n) is 4.65. The maximum absolute atomic E-state index is 3.92. The number of unbranched alkanes of at least 4 members (excludes halogenated alkanes) is 10. The van der Waals surface area contributed by atoms with Crippen molar-refractivity contribution in [2.24, 2.45) is 5.92 Å². The van der Waals surface area contributed by atoms with Gasteiger partial charge in [-0.1, -0.05) is 97.8 Å². The maximum Gasteiger partial charge on any atom is 0.00887 e. The first-order valence-corrected chi connectivity index (χ1v) is 10.4. The molecule has 0 aliphatic carbocycles. The summed E-state index contributed by atoms with van der Waals surface area (Å²) in [5, 5.41) is 0. The minimum absolute atomic E-state index is 0.948. The van der Waals surface area contributed by atoms with Crippen LogP contribution in [0.4, 0.5) is 0 Å². The molecule has 0 amide bonds. The molecule has 23 heavy (non-hydrogen) atoms. The summed E-state index contributed by atoms with van der Waals surface area (Å²) in [6.07, 6.45) is 22.0. The Hall–Kier alpha value is -0.440. The Morgan fingerprint density at radius 2 is 1.13 bits per heavy atom. The summed E-state index contributed by atoms with van der Waals surface area (Å²) in [7, 11) is 0. The van der Waals surface area contributed by atoms with Crippen molar-refractivity contribution < 1.29 is 0 Å². The van der Waals surface area contributed by atoms with Gasteiger partial charge in [0.25, 0.3) is 0 Å². The number of rotatable bonds is 16. The van der Waals surface area contributed by atoms with E-state index in [1.807, 2.05) is 0 Å². The quantitative estimate of drug-likeness (QED) is 0.200. The highest BCUT2D eigenvalue weighted by Crippen LogP contribution is 2.22. The van der Waals surface area contributed by atoms with Gasteiger partial charge < -0.3 is 0 Å². The van der Waals surface area contributed by atoms with Crippen molar-refractivity contribution in [1.82, 2.24) is 0 Å². The molecule has 1 unspecified atom stereocenters. The monoisotopic (exact) mass is 318 g/mol. The summed E-state index contributed by atoms with van der Waals surface area (Å²) in [5.41, 5.74) is 0. The van der Waals surface area contributed by atoms with Crippen LogP contribution in [0.3, 0.4) is 0 Å². The van der Waals surface area contributed by atoms with Crippen molar-refractivity contribution >= 4 is 0 Å². The summed E-state index contributed by atoms with van der Waals surface area (Å²) in [6.45, 7) is 10.1. The van der Waals surface area contributed by atoms with Gasteiger partial charge in [0.2, 0.25) is 0 Å². The first kappa shape index (κ1) is 22.6. The Bertz CT molecular complexity index is 267. The van der Waals surface area contributed by atoms with Gasteiger partial charge in [-0.25, -0.2) is 0 Å². The molecule has 0 nitrogen and oxygen atoms in total. The van der Waals surface area contributed by atoms with Gasteiger partial charge in [-0.15, -0.1) is 11.8 Å². The molecular formula is C23H42. The first-order chi connectivity index (χ1) is 11.3. The zero-order valence-corrected chi connectivity index (χ0v) is 16.0. The Kier molecular flexibility index (Phi) is 19.2. The van der Waals surface area contributed by atoms with Crippen LogP contribution in [0.15, 0.2) is 0 Å². The maximum atomic E-state index is 3.92. The zero-order chi connectivity index (χ0) is 17.0. The summed E-state index contributed by atoms with van der Waals surface area (Å²) in [6, 6.07) is 0. The molecule has 0 heteroatoms. The number of hydrogen-bond donors (Lipinski definition) is 0. The highest BCUT2D eigenvalue weighted by atomic mass is 14.1. The Labute approximate surface area is 148 Å². The van der Waals surface area contributed by atoms with Gasteiger partial charge in [0, 0.05) is 12.8 Å². The predicted molar refractivity (Wildman–Crippen MR) is 106 cm³/mol. The van der Waals surface area contributed by atoms with Gasteiger partial charge in [0.05, 0.1) is 0 Å². The van der Waals surface area contributed by atoms with Crippen molar-refractivity contribution in [3.8, 4) is 11.8 Å². The molecule has 1 atom stereocenters. The number of hydrogen-bond acceptors (Lipinski definition) is 0. The first-order valence-electron chi connectivity index (χ1n) is 10.4. The molecule has 0 N–H and O–H groups in total. The van der Waals surface area contributed by atoms with Crippen LogP contribution in [0, 0.1) is 31.6 Å². The molecule has 0 heterocycles. The summed E-state index contributed by atoms with van der Waals surface area (Å²) >= 11 is 0. The highest BCUT2D eigenvalue weighted by Gasteiger charge is 2.06. The fraction of sp³-hybridized carbons (Fsp3) is 0.826. The van der Waals surface area contributed by atoms with E-state index in [1.54, 1.807) is 0 Å². The Morgan fingerprint density at radius 3 is 1.74 bits per heavy atom. The predicted octanol–water partition coefficient (Wildman–Crippen LogP) is 7.93. The van der Waals surface area contributed by atoms with Crippen LogP contribution in [0.5, 0.6) is 0 Å². The lowest BCUT2D eigenvalue weighted by atomic mass is 9.91. The van der Waals surface area contributed by atoms with Crippen LogP contribution in [-0.2, 0) is 0 Å². The van der Waals surface area contributed by atoms with Crippen LogP contribution in [0.1, 0.15) is 116 Å². The normalized spacial score (nSPS) is 12.0. The molecule has 0 saturated carbocycles. The molecule has 0 aromatic carbocycles. The SMILES string of the molecule is [CH2]CCCCCCC#CCCCC(CCC)CCCCCC[CH2]. The average molecular weight is 319 g/mol. The topological polar surface area (TPSA) is 0 Å². The molecule has 2 radical (unpaired) electrons.